The van der Waals surface area contributed by atoms with Crippen LogP contribution in [0.1, 0.15) is 43.7 Å². The maximum Gasteiger partial charge on any atom is 0.308 e. The second kappa shape index (κ2) is 11.0. The highest BCUT2D eigenvalue weighted by Gasteiger charge is 2.27. The largest absolute Gasteiger partial charge is 0.469 e. The lowest BCUT2D eigenvalue weighted by Crippen LogP contribution is -2.46. The number of hydrogen-bond acceptors (Lipinski definition) is 4. The van der Waals surface area contributed by atoms with Crippen molar-refractivity contribution in [2.24, 2.45) is 10.9 Å². The van der Waals surface area contributed by atoms with Crippen LogP contribution in [0.4, 0.5) is 0 Å². The van der Waals surface area contributed by atoms with Crippen molar-refractivity contribution in [1.82, 2.24) is 15.1 Å². The highest BCUT2D eigenvalue weighted by atomic mass is 16.5. The van der Waals surface area contributed by atoms with E-state index < -0.39 is 0 Å². The Morgan fingerprint density at radius 3 is 2.57 bits per heavy atom. The Bertz CT molecular complexity index is 757. The monoisotopic (exact) mass is 414 g/mol. The highest BCUT2D eigenvalue weighted by molar-refractivity contribution is 5.81. The maximum absolute atomic E-state index is 12.6. The van der Waals surface area contributed by atoms with E-state index in [4.69, 9.17) is 9.73 Å². The third kappa shape index (κ3) is 5.74. The van der Waals surface area contributed by atoms with E-state index in [1.165, 1.54) is 18.2 Å². The lowest BCUT2D eigenvalue weighted by molar-refractivity contribution is -0.146. The zero-order valence-corrected chi connectivity index (χ0v) is 18.2. The molecule has 0 atom stereocenters. The van der Waals surface area contributed by atoms with Crippen molar-refractivity contribution < 1.29 is 14.3 Å². The summed E-state index contributed by atoms with van der Waals surface area (Å²) >= 11 is 0. The number of hydrogen-bond donors (Lipinski definition) is 1. The summed E-state index contributed by atoms with van der Waals surface area (Å²) in [6.07, 6.45) is 3.77. The second-order valence-electron chi connectivity index (χ2n) is 7.96. The molecule has 0 radical (unpaired) electrons. The van der Waals surface area contributed by atoms with Crippen LogP contribution in [0.5, 0.6) is 0 Å². The molecule has 0 unspecified atom stereocenters. The number of methoxy groups -OCH3 is 1. The van der Waals surface area contributed by atoms with Gasteiger partial charge in [0.15, 0.2) is 5.96 Å². The minimum atomic E-state index is -0.115. The molecule has 30 heavy (non-hydrogen) atoms. The molecule has 2 heterocycles. The van der Waals surface area contributed by atoms with Crippen molar-refractivity contribution in [3.8, 4) is 0 Å². The number of likely N-dealkylation sites (tertiary alicyclic amines) is 1. The number of carbonyl (C=O) groups is 2. The Morgan fingerprint density at radius 1 is 1.13 bits per heavy atom. The molecule has 1 fully saturated rings. The molecule has 0 aliphatic carbocycles. The molecule has 7 nitrogen and oxygen atoms in total. The van der Waals surface area contributed by atoms with Gasteiger partial charge in [0, 0.05) is 45.7 Å². The van der Waals surface area contributed by atoms with Gasteiger partial charge in [-0.3, -0.25) is 14.6 Å². The minimum absolute atomic E-state index is 0.0126. The van der Waals surface area contributed by atoms with Gasteiger partial charge >= 0.3 is 5.97 Å². The first-order valence-corrected chi connectivity index (χ1v) is 11.1. The van der Waals surface area contributed by atoms with Gasteiger partial charge in [0.25, 0.3) is 0 Å². The van der Waals surface area contributed by atoms with Crippen molar-refractivity contribution in [3.63, 3.8) is 0 Å². The zero-order valence-electron chi connectivity index (χ0n) is 18.2. The molecule has 0 aromatic heterocycles. The summed E-state index contributed by atoms with van der Waals surface area (Å²) in [5.41, 5.74) is 2.62. The van der Waals surface area contributed by atoms with Crippen LogP contribution in [0, 0.1) is 5.92 Å². The van der Waals surface area contributed by atoms with Crippen molar-refractivity contribution in [2.45, 2.75) is 45.6 Å². The fourth-order valence-corrected chi connectivity index (χ4v) is 4.20. The van der Waals surface area contributed by atoms with E-state index in [1.807, 2.05) is 11.0 Å². The number of ether oxygens (including phenoxy) is 1. The zero-order chi connectivity index (χ0) is 21.3. The lowest BCUT2D eigenvalue weighted by atomic mass is 9.97. The molecule has 1 saturated heterocycles. The fraction of sp³-hybridized carbons (Fsp3) is 0.609. The average molecular weight is 415 g/mol. The Morgan fingerprint density at radius 2 is 1.87 bits per heavy atom. The van der Waals surface area contributed by atoms with Crippen molar-refractivity contribution >= 4 is 17.8 Å². The number of fused-ring (bicyclic) bond motifs is 1. The number of esters is 1. The first-order valence-electron chi connectivity index (χ1n) is 11.1. The molecule has 2 aliphatic heterocycles. The number of aliphatic imine (C=N–C) groups is 1. The van der Waals surface area contributed by atoms with E-state index in [1.54, 1.807) is 0 Å². The molecule has 164 valence electrons. The summed E-state index contributed by atoms with van der Waals surface area (Å²) in [5, 5.41) is 3.34. The molecule has 1 aromatic carbocycles. The van der Waals surface area contributed by atoms with Gasteiger partial charge in [-0.05, 0) is 43.7 Å². The van der Waals surface area contributed by atoms with E-state index in [0.717, 1.165) is 64.4 Å². The van der Waals surface area contributed by atoms with Crippen molar-refractivity contribution in [3.05, 3.63) is 35.4 Å². The van der Waals surface area contributed by atoms with E-state index in [-0.39, 0.29) is 17.8 Å². The second-order valence-corrected chi connectivity index (χ2v) is 7.96. The number of nitrogens with one attached hydrogen (secondary N) is 1. The van der Waals surface area contributed by atoms with Gasteiger partial charge in [0.2, 0.25) is 5.91 Å². The molecule has 1 aromatic rings. The number of piperidine rings is 1. The van der Waals surface area contributed by atoms with Gasteiger partial charge < -0.3 is 19.9 Å². The Kier molecular flexibility index (Phi) is 8.11. The molecular weight excluding hydrogens is 380 g/mol. The normalized spacial score (nSPS) is 17.5. The average Bonchev–Trinajstić information content (AvgIpc) is 2.80. The van der Waals surface area contributed by atoms with Gasteiger partial charge in [-0.15, -0.1) is 0 Å². The highest BCUT2D eigenvalue weighted by Crippen LogP contribution is 2.20. The van der Waals surface area contributed by atoms with E-state index in [9.17, 15) is 9.59 Å². The predicted molar refractivity (Wildman–Crippen MR) is 117 cm³/mol. The van der Waals surface area contributed by atoms with Gasteiger partial charge in [-0.25, -0.2) is 0 Å². The predicted octanol–water partition coefficient (Wildman–Crippen LogP) is 2.20. The van der Waals surface area contributed by atoms with Gasteiger partial charge in [0.05, 0.1) is 13.0 Å². The third-order valence-corrected chi connectivity index (χ3v) is 5.96. The van der Waals surface area contributed by atoms with Crippen LogP contribution in [-0.2, 0) is 27.3 Å². The van der Waals surface area contributed by atoms with Crippen molar-refractivity contribution in [1.29, 1.82) is 0 Å². The summed E-state index contributed by atoms with van der Waals surface area (Å²) < 4.78 is 4.86. The number of rotatable bonds is 6. The maximum atomic E-state index is 12.6. The number of nitrogens with zero attached hydrogens (tertiary/aromatic N) is 3. The third-order valence-electron chi connectivity index (χ3n) is 5.96. The van der Waals surface area contributed by atoms with E-state index >= 15 is 0 Å². The molecular formula is C23H34N4O3. The summed E-state index contributed by atoms with van der Waals surface area (Å²) in [5.74, 6) is 0.959. The molecule has 2 aliphatic rings. The van der Waals surface area contributed by atoms with Crippen LogP contribution in [0.15, 0.2) is 29.3 Å². The first kappa shape index (κ1) is 22.1. The lowest BCUT2D eigenvalue weighted by Gasteiger charge is -2.33. The van der Waals surface area contributed by atoms with E-state index in [2.05, 4.69) is 35.3 Å². The van der Waals surface area contributed by atoms with E-state index in [0.29, 0.717) is 13.0 Å². The number of carbonyl (C=O) groups excluding carboxylic acids is 2. The Labute approximate surface area is 179 Å². The standard InChI is InChI=1S/C23H34N4O3/c1-3-24-23(26-14-11-19(12-15-26)22(29)30-2)25-13-6-9-21(28)27-16-10-18-7-4-5-8-20(18)17-27/h4-5,7-8,19H,3,6,9-17H2,1-2H3,(H,24,25). The summed E-state index contributed by atoms with van der Waals surface area (Å²) in [7, 11) is 1.45. The van der Waals surface area contributed by atoms with Crippen LogP contribution in [0.2, 0.25) is 0 Å². The summed E-state index contributed by atoms with van der Waals surface area (Å²) in [6, 6.07) is 8.37. The van der Waals surface area contributed by atoms with Crippen LogP contribution < -0.4 is 5.32 Å². The molecule has 1 N–H and O–H groups in total. The molecule has 0 spiro atoms. The molecule has 3 rings (SSSR count). The SMILES string of the molecule is CCNC(=NCCCC(=O)N1CCc2ccccc2C1)N1CCC(C(=O)OC)CC1. The van der Waals surface area contributed by atoms with Crippen LogP contribution >= 0.6 is 0 Å². The summed E-state index contributed by atoms with van der Waals surface area (Å²) in [4.78, 5) is 33.2. The fourth-order valence-electron chi connectivity index (χ4n) is 4.20. The van der Waals surface area contributed by atoms with Gasteiger partial charge in [-0.2, -0.15) is 0 Å². The smallest absolute Gasteiger partial charge is 0.308 e. The van der Waals surface area contributed by atoms with Crippen LogP contribution in [0.25, 0.3) is 0 Å². The van der Waals surface area contributed by atoms with Gasteiger partial charge in [0.1, 0.15) is 0 Å². The Balaban J connectivity index is 1.45. The number of benzene rings is 1. The topological polar surface area (TPSA) is 74.2 Å². The first-order chi connectivity index (χ1) is 14.6. The quantitative estimate of drug-likeness (QED) is 0.334. The molecule has 0 bridgehead atoms. The Hall–Kier alpha value is -2.57. The minimum Gasteiger partial charge on any atom is -0.469 e. The molecule has 0 saturated carbocycles. The van der Waals surface area contributed by atoms with Crippen molar-refractivity contribution in [2.75, 3.05) is 39.8 Å². The summed E-state index contributed by atoms with van der Waals surface area (Å²) in [6.45, 7) is 6.56. The van der Waals surface area contributed by atoms with Gasteiger partial charge in [-0.1, -0.05) is 24.3 Å². The molecule has 1 amide bonds. The molecule has 7 heteroatoms. The number of amides is 1. The van der Waals surface area contributed by atoms with Crippen LogP contribution in [0.3, 0.4) is 0 Å². The van der Waals surface area contributed by atoms with Crippen LogP contribution in [-0.4, -0.2) is 67.5 Å². The number of guanidine groups is 1.